The first-order valence-corrected chi connectivity index (χ1v) is 11.9. The van der Waals surface area contributed by atoms with Crippen LogP contribution in [-0.2, 0) is 9.59 Å². The number of nitrogens with one attached hydrogen (secondary N) is 1. The number of methoxy groups -OCH3 is 1. The zero-order valence-electron chi connectivity index (χ0n) is 19.7. The third kappa shape index (κ3) is 4.15. The van der Waals surface area contributed by atoms with Crippen molar-refractivity contribution in [2.24, 2.45) is 0 Å². The second-order valence-electron chi connectivity index (χ2n) is 8.50. The Labute approximate surface area is 219 Å². The van der Waals surface area contributed by atoms with Gasteiger partial charge in [-0.25, -0.2) is 9.78 Å². The van der Waals surface area contributed by atoms with Crippen molar-refractivity contribution in [2.45, 2.75) is 13.0 Å². The third-order valence-corrected chi connectivity index (χ3v) is 7.14. The maximum Gasteiger partial charge on any atom is 0.335 e. The van der Waals surface area contributed by atoms with E-state index in [9.17, 15) is 24.6 Å². The number of rotatable bonds is 5. The number of hydrogen-bond donors (Lipinski definition) is 3. The number of aryl methyl sites for hydroxylation is 1. The van der Waals surface area contributed by atoms with Gasteiger partial charge in [0.1, 0.15) is 11.5 Å². The van der Waals surface area contributed by atoms with Crippen molar-refractivity contribution in [2.75, 3.05) is 12.0 Å². The highest BCUT2D eigenvalue weighted by atomic mass is 79.9. The normalized spacial score (nSPS) is 16.9. The van der Waals surface area contributed by atoms with E-state index in [0.717, 1.165) is 10.0 Å². The fourth-order valence-electron chi connectivity index (χ4n) is 4.34. The Morgan fingerprint density at radius 3 is 2.38 bits per heavy atom. The topological polar surface area (TPSA) is 133 Å². The molecule has 3 N–H and O–H groups in total. The van der Waals surface area contributed by atoms with Crippen LogP contribution in [0.3, 0.4) is 0 Å². The SMILES string of the molecule is COc1ccc(C2/C(=C(\O)c3ccc(Br)c(C)c3)C(=O)C(=O)N2c2nc3ccc(C(=O)O)cc3[nH]2)cc1. The van der Waals surface area contributed by atoms with Crippen LogP contribution in [-0.4, -0.2) is 45.0 Å². The number of carbonyl (C=O) groups excluding carboxylic acids is 2. The quantitative estimate of drug-likeness (QED) is 0.178. The summed E-state index contributed by atoms with van der Waals surface area (Å²) in [6.07, 6.45) is 0. The van der Waals surface area contributed by atoms with Gasteiger partial charge in [0.2, 0.25) is 5.95 Å². The molecule has 5 rings (SSSR count). The Kier molecular flexibility index (Phi) is 6.04. The minimum Gasteiger partial charge on any atom is -0.507 e. The highest BCUT2D eigenvalue weighted by Gasteiger charge is 2.48. The minimum atomic E-state index is -1.11. The summed E-state index contributed by atoms with van der Waals surface area (Å²) in [7, 11) is 1.52. The Hall–Kier alpha value is -4.44. The number of carboxylic acids is 1. The van der Waals surface area contributed by atoms with Gasteiger partial charge in [0.25, 0.3) is 5.78 Å². The molecular formula is C27H20BrN3O6. The number of benzene rings is 3. The molecule has 186 valence electrons. The lowest BCUT2D eigenvalue weighted by atomic mass is 9.95. The number of aromatic amines is 1. The number of ether oxygens (including phenoxy) is 1. The first-order chi connectivity index (χ1) is 17.7. The number of Topliss-reactive ketones (excluding diaryl/α,β-unsaturated/α-hetero) is 1. The van der Waals surface area contributed by atoms with Gasteiger partial charge in [-0.15, -0.1) is 0 Å². The number of aliphatic hydroxyl groups excluding tert-OH is 1. The molecular weight excluding hydrogens is 542 g/mol. The van der Waals surface area contributed by atoms with Crippen molar-refractivity contribution in [3.8, 4) is 5.75 Å². The fourth-order valence-corrected chi connectivity index (χ4v) is 4.59. The van der Waals surface area contributed by atoms with E-state index in [0.29, 0.717) is 27.9 Å². The van der Waals surface area contributed by atoms with Gasteiger partial charge in [0.15, 0.2) is 0 Å². The molecule has 9 nitrogen and oxygen atoms in total. The summed E-state index contributed by atoms with van der Waals surface area (Å²) in [6.45, 7) is 1.85. The van der Waals surface area contributed by atoms with E-state index in [1.54, 1.807) is 42.5 Å². The Bertz CT molecular complexity index is 1620. The van der Waals surface area contributed by atoms with Gasteiger partial charge < -0.3 is 19.9 Å². The van der Waals surface area contributed by atoms with E-state index in [-0.39, 0.29) is 22.8 Å². The number of amides is 1. The van der Waals surface area contributed by atoms with Gasteiger partial charge >= 0.3 is 11.9 Å². The summed E-state index contributed by atoms with van der Waals surface area (Å²) < 4.78 is 6.08. The number of carbonyl (C=O) groups is 3. The van der Waals surface area contributed by atoms with Crippen molar-refractivity contribution < 1.29 is 29.3 Å². The molecule has 10 heteroatoms. The molecule has 2 heterocycles. The second-order valence-corrected chi connectivity index (χ2v) is 9.36. The number of aromatic carboxylic acids is 1. The molecule has 1 atom stereocenters. The number of fused-ring (bicyclic) bond motifs is 1. The molecule has 1 aliphatic heterocycles. The zero-order chi connectivity index (χ0) is 26.4. The summed E-state index contributed by atoms with van der Waals surface area (Å²) in [5.41, 5.74) is 2.51. The number of hydrogen-bond acceptors (Lipinski definition) is 6. The Balaban J connectivity index is 1.71. The lowest BCUT2D eigenvalue weighted by Crippen LogP contribution is -2.30. The van der Waals surface area contributed by atoms with Crippen molar-refractivity contribution in [3.63, 3.8) is 0 Å². The number of H-pyrrole nitrogens is 1. The summed E-state index contributed by atoms with van der Waals surface area (Å²) in [5.74, 6) is -2.55. The maximum absolute atomic E-state index is 13.4. The molecule has 0 spiro atoms. The van der Waals surface area contributed by atoms with Crippen molar-refractivity contribution in [1.29, 1.82) is 0 Å². The van der Waals surface area contributed by atoms with Crippen molar-refractivity contribution >= 4 is 56.3 Å². The predicted molar refractivity (Wildman–Crippen MR) is 140 cm³/mol. The first-order valence-electron chi connectivity index (χ1n) is 11.1. The van der Waals surface area contributed by atoms with Crippen LogP contribution >= 0.6 is 15.9 Å². The van der Waals surface area contributed by atoms with Gasteiger partial charge in [0.05, 0.1) is 35.3 Å². The largest absolute Gasteiger partial charge is 0.507 e. The van der Waals surface area contributed by atoms with Gasteiger partial charge in [0, 0.05) is 10.0 Å². The molecule has 1 saturated heterocycles. The van der Waals surface area contributed by atoms with Crippen molar-refractivity contribution in [1.82, 2.24) is 9.97 Å². The molecule has 1 aliphatic rings. The number of halogens is 1. The van der Waals surface area contributed by atoms with Crippen LogP contribution in [0.4, 0.5) is 5.95 Å². The number of imidazole rings is 1. The van der Waals surface area contributed by atoms with Crippen molar-refractivity contribution in [3.05, 3.63) is 93.0 Å². The Morgan fingerprint density at radius 1 is 1.03 bits per heavy atom. The van der Waals surface area contributed by atoms with E-state index >= 15 is 0 Å². The predicted octanol–water partition coefficient (Wildman–Crippen LogP) is 4.97. The number of ketones is 1. The number of anilines is 1. The summed E-state index contributed by atoms with van der Waals surface area (Å²) in [5, 5.41) is 20.6. The van der Waals surface area contributed by atoms with Crippen LogP contribution in [0.5, 0.6) is 5.75 Å². The summed E-state index contributed by atoms with van der Waals surface area (Å²) >= 11 is 3.43. The molecule has 1 amide bonds. The minimum absolute atomic E-state index is 0.0436. The van der Waals surface area contributed by atoms with Gasteiger partial charge in [-0.3, -0.25) is 14.5 Å². The van der Waals surface area contributed by atoms with Gasteiger partial charge in [-0.2, -0.15) is 0 Å². The number of nitrogens with zero attached hydrogens (tertiary/aromatic N) is 2. The average Bonchev–Trinajstić information content (AvgIpc) is 3.43. The smallest absolute Gasteiger partial charge is 0.335 e. The molecule has 0 saturated carbocycles. The van der Waals surface area contributed by atoms with Crippen LogP contribution in [0.2, 0.25) is 0 Å². The van der Waals surface area contributed by atoms with Gasteiger partial charge in [-0.05, 0) is 60.5 Å². The van der Waals surface area contributed by atoms with Crippen LogP contribution in [0.15, 0.2) is 70.7 Å². The number of aliphatic hydroxyl groups is 1. The lowest BCUT2D eigenvalue weighted by Gasteiger charge is -2.23. The zero-order valence-corrected chi connectivity index (χ0v) is 21.2. The molecule has 1 aromatic heterocycles. The first kappa shape index (κ1) is 24.3. The summed E-state index contributed by atoms with van der Waals surface area (Å²) in [4.78, 5) is 46.7. The second kappa shape index (κ2) is 9.21. The van der Waals surface area contributed by atoms with Crippen LogP contribution in [0.1, 0.15) is 33.1 Å². The van der Waals surface area contributed by atoms with Gasteiger partial charge in [-0.1, -0.05) is 34.1 Å². The molecule has 0 radical (unpaired) electrons. The molecule has 1 fully saturated rings. The average molecular weight is 562 g/mol. The Morgan fingerprint density at radius 2 is 1.73 bits per heavy atom. The molecule has 1 unspecified atom stereocenters. The van der Waals surface area contributed by atoms with E-state index in [1.807, 2.05) is 6.92 Å². The van der Waals surface area contributed by atoms with E-state index < -0.39 is 23.7 Å². The monoisotopic (exact) mass is 561 g/mol. The standard InChI is InChI=1S/C27H20BrN3O6/c1-13-11-15(5-9-18(13)28)23(32)21-22(14-3-7-17(37-2)8-4-14)31(25(34)24(21)33)27-29-19-10-6-16(26(35)36)12-20(19)30-27/h3-12,22,32H,1-2H3,(H,29,30)(H,35,36)/b23-21+. The molecule has 37 heavy (non-hydrogen) atoms. The number of carboxylic acid groups (broad SMARTS) is 1. The summed E-state index contributed by atoms with van der Waals surface area (Å²) in [6, 6.07) is 15.2. The maximum atomic E-state index is 13.4. The molecule has 3 aromatic carbocycles. The van der Waals surface area contributed by atoms with E-state index in [1.165, 1.54) is 30.2 Å². The van der Waals surface area contributed by atoms with Crippen LogP contribution in [0, 0.1) is 6.92 Å². The fraction of sp³-hybridized carbons (Fsp3) is 0.111. The number of aromatic nitrogens is 2. The van der Waals surface area contributed by atoms with Crippen LogP contribution in [0.25, 0.3) is 16.8 Å². The highest BCUT2D eigenvalue weighted by molar-refractivity contribution is 9.10. The molecule has 0 bridgehead atoms. The van der Waals surface area contributed by atoms with Crippen LogP contribution < -0.4 is 9.64 Å². The highest BCUT2D eigenvalue weighted by Crippen LogP contribution is 2.42. The molecule has 0 aliphatic carbocycles. The lowest BCUT2D eigenvalue weighted by molar-refractivity contribution is -0.132. The molecule has 4 aromatic rings. The third-order valence-electron chi connectivity index (χ3n) is 6.25. The van der Waals surface area contributed by atoms with E-state index in [2.05, 4.69) is 25.9 Å². The van der Waals surface area contributed by atoms with E-state index in [4.69, 9.17) is 4.74 Å².